The maximum absolute atomic E-state index is 12.9. The van der Waals surface area contributed by atoms with Crippen molar-refractivity contribution in [1.29, 1.82) is 0 Å². The van der Waals surface area contributed by atoms with Gasteiger partial charge in [0.2, 0.25) is 5.43 Å². The fraction of sp³-hybridized carbons (Fsp3) is 0.0833. The molecule has 0 unspecified atom stereocenters. The zero-order valence-electron chi connectivity index (χ0n) is 9.16. The van der Waals surface area contributed by atoms with Gasteiger partial charge in [0.25, 0.3) is 0 Å². The number of halogens is 3. The van der Waals surface area contributed by atoms with Gasteiger partial charge in [-0.1, -0.05) is 17.7 Å². The summed E-state index contributed by atoms with van der Waals surface area (Å²) in [6, 6.07) is 4.18. The number of nitrogens with two attached hydrogens (primary N) is 1. The highest BCUT2D eigenvalue weighted by Gasteiger charge is 2.06. The lowest BCUT2D eigenvalue weighted by molar-refractivity contribution is 0.626. The van der Waals surface area contributed by atoms with Crippen molar-refractivity contribution in [1.82, 2.24) is 4.57 Å². The van der Waals surface area contributed by atoms with E-state index in [2.05, 4.69) is 15.9 Å². The number of pyridine rings is 1. The van der Waals surface area contributed by atoms with E-state index in [4.69, 9.17) is 17.3 Å². The second-order valence-corrected chi connectivity index (χ2v) is 5.06. The van der Waals surface area contributed by atoms with Crippen LogP contribution in [-0.4, -0.2) is 4.57 Å². The number of anilines is 1. The summed E-state index contributed by atoms with van der Waals surface area (Å²) < 4.78 is 15.0. The minimum atomic E-state index is -0.385. The minimum Gasteiger partial charge on any atom is -0.394 e. The summed E-state index contributed by atoms with van der Waals surface area (Å²) in [7, 11) is 0. The number of hydrogen-bond donors (Lipinski definition) is 1. The van der Waals surface area contributed by atoms with Crippen molar-refractivity contribution < 1.29 is 4.39 Å². The van der Waals surface area contributed by atoms with E-state index >= 15 is 0 Å². The van der Waals surface area contributed by atoms with E-state index in [1.54, 1.807) is 16.8 Å². The number of nitrogens with zero attached hydrogens (tertiary/aromatic N) is 1. The summed E-state index contributed by atoms with van der Waals surface area (Å²) in [6.07, 6.45) is 3.13. The van der Waals surface area contributed by atoms with Crippen LogP contribution in [0.1, 0.15) is 5.56 Å². The van der Waals surface area contributed by atoms with E-state index in [1.165, 1.54) is 18.3 Å². The molecular formula is C12H9BrClFN2O. The maximum Gasteiger partial charge on any atom is 0.218 e. The van der Waals surface area contributed by atoms with Crippen molar-refractivity contribution in [2.45, 2.75) is 6.54 Å². The molecule has 0 spiro atoms. The molecule has 18 heavy (non-hydrogen) atoms. The van der Waals surface area contributed by atoms with Gasteiger partial charge in [-0.25, -0.2) is 4.39 Å². The van der Waals surface area contributed by atoms with Gasteiger partial charge in [-0.05, 0) is 33.6 Å². The van der Waals surface area contributed by atoms with Crippen molar-refractivity contribution in [2.24, 2.45) is 0 Å². The van der Waals surface area contributed by atoms with E-state index in [0.717, 1.165) is 5.56 Å². The Labute approximate surface area is 116 Å². The lowest BCUT2D eigenvalue weighted by Gasteiger charge is -2.09. The van der Waals surface area contributed by atoms with Crippen molar-refractivity contribution >= 4 is 33.2 Å². The zero-order chi connectivity index (χ0) is 13.3. The van der Waals surface area contributed by atoms with Crippen LogP contribution in [0, 0.1) is 5.82 Å². The predicted octanol–water partition coefficient (Wildman–Crippen LogP) is 3.03. The van der Waals surface area contributed by atoms with Gasteiger partial charge in [0.1, 0.15) is 5.82 Å². The zero-order valence-corrected chi connectivity index (χ0v) is 11.5. The molecule has 2 aromatic rings. The highest BCUT2D eigenvalue weighted by atomic mass is 79.9. The third-order valence-corrected chi connectivity index (χ3v) is 3.35. The molecule has 0 fully saturated rings. The Bertz CT molecular complexity index is 631. The van der Waals surface area contributed by atoms with Crippen LogP contribution < -0.4 is 11.2 Å². The summed E-state index contributed by atoms with van der Waals surface area (Å²) in [6.45, 7) is 0.405. The highest BCUT2D eigenvalue weighted by molar-refractivity contribution is 9.10. The Morgan fingerprint density at radius 2 is 2.11 bits per heavy atom. The summed E-state index contributed by atoms with van der Waals surface area (Å²) in [5, 5.41) is 0.336. The molecule has 0 radical (unpaired) electrons. The first-order valence-corrected chi connectivity index (χ1v) is 6.23. The quantitative estimate of drug-likeness (QED) is 0.919. The molecule has 0 saturated heterocycles. The molecule has 0 atom stereocenters. The van der Waals surface area contributed by atoms with Crippen LogP contribution in [0.25, 0.3) is 0 Å². The van der Waals surface area contributed by atoms with Crippen LogP contribution in [-0.2, 0) is 6.54 Å². The number of hydrogen-bond acceptors (Lipinski definition) is 2. The topological polar surface area (TPSA) is 48.0 Å². The number of nitrogen functional groups attached to an aromatic ring is 1. The van der Waals surface area contributed by atoms with Gasteiger partial charge in [0, 0.05) is 24.0 Å². The molecule has 0 saturated carbocycles. The molecule has 6 heteroatoms. The molecule has 1 aromatic carbocycles. The average molecular weight is 332 g/mol. The van der Waals surface area contributed by atoms with Gasteiger partial charge < -0.3 is 10.3 Å². The lowest BCUT2D eigenvalue weighted by atomic mass is 10.2. The lowest BCUT2D eigenvalue weighted by Crippen LogP contribution is -2.13. The first-order valence-electron chi connectivity index (χ1n) is 5.06. The molecule has 0 aliphatic heterocycles. The summed E-state index contributed by atoms with van der Waals surface area (Å²) in [5.41, 5.74) is 6.21. The van der Waals surface area contributed by atoms with Gasteiger partial charge in [0.15, 0.2) is 0 Å². The minimum absolute atomic E-state index is 0.141. The molecule has 0 bridgehead atoms. The molecular weight excluding hydrogens is 322 g/mol. The van der Waals surface area contributed by atoms with E-state index in [1.807, 2.05) is 0 Å². The van der Waals surface area contributed by atoms with Gasteiger partial charge in [-0.15, -0.1) is 0 Å². The molecule has 94 valence electrons. The Balaban J connectivity index is 2.37. The van der Waals surface area contributed by atoms with Crippen LogP contribution in [0.4, 0.5) is 10.1 Å². The van der Waals surface area contributed by atoms with Crippen molar-refractivity contribution in [2.75, 3.05) is 5.73 Å². The second-order valence-electron chi connectivity index (χ2n) is 3.80. The van der Waals surface area contributed by atoms with Crippen LogP contribution in [0.5, 0.6) is 0 Å². The first-order chi connectivity index (χ1) is 8.47. The van der Waals surface area contributed by atoms with E-state index in [9.17, 15) is 9.18 Å². The van der Waals surface area contributed by atoms with Crippen LogP contribution in [0.15, 0.2) is 39.9 Å². The molecule has 2 N–H and O–H groups in total. The van der Waals surface area contributed by atoms with Gasteiger partial charge in [-0.3, -0.25) is 4.79 Å². The molecule has 0 aliphatic carbocycles. The standard InChI is InChI=1S/C12H9BrClFN2O/c13-9-5-17(6-11(16)12(9)18)4-7-1-2-8(15)3-10(7)14/h1-3,5-6H,4,16H2. The average Bonchev–Trinajstić information content (AvgIpc) is 2.29. The maximum atomic E-state index is 12.9. The second kappa shape index (κ2) is 5.12. The normalized spacial score (nSPS) is 10.6. The molecule has 1 aromatic heterocycles. The smallest absolute Gasteiger partial charge is 0.218 e. The molecule has 0 aliphatic rings. The van der Waals surface area contributed by atoms with Crippen molar-refractivity contribution in [3.63, 3.8) is 0 Å². The highest BCUT2D eigenvalue weighted by Crippen LogP contribution is 2.19. The van der Waals surface area contributed by atoms with Gasteiger partial charge >= 0.3 is 0 Å². The number of aromatic nitrogens is 1. The fourth-order valence-electron chi connectivity index (χ4n) is 1.55. The third kappa shape index (κ3) is 2.73. The first kappa shape index (κ1) is 13.1. The van der Waals surface area contributed by atoms with Crippen molar-refractivity contribution in [3.8, 4) is 0 Å². The number of benzene rings is 1. The summed E-state index contributed by atoms with van der Waals surface area (Å²) >= 11 is 9.07. The molecule has 0 amide bonds. The van der Waals surface area contributed by atoms with Gasteiger partial charge in [-0.2, -0.15) is 0 Å². The third-order valence-electron chi connectivity index (χ3n) is 2.43. The summed E-state index contributed by atoms with van der Waals surface area (Å²) in [5.74, 6) is -0.385. The van der Waals surface area contributed by atoms with E-state index in [0.29, 0.717) is 16.0 Å². The van der Waals surface area contributed by atoms with Crippen molar-refractivity contribution in [3.05, 3.63) is 61.7 Å². The molecule has 2 rings (SSSR count). The van der Waals surface area contributed by atoms with Crippen LogP contribution >= 0.6 is 27.5 Å². The predicted molar refractivity (Wildman–Crippen MR) is 73.3 cm³/mol. The monoisotopic (exact) mass is 330 g/mol. The van der Waals surface area contributed by atoms with Gasteiger partial charge in [0.05, 0.1) is 10.2 Å². The van der Waals surface area contributed by atoms with Crippen LogP contribution in [0.3, 0.4) is 0 Å². The van der Waals surface area contributed by atoms with E-state index in [-0.39, 0.29) is 16.9 Å². The summed E-state index contributed by atoms with van der Waals surface area (Å²) in [4.78, 5) is 11.4. The Morgan fingerprint density at radius 1 is 1.39 bits per heavy atom. The van der Waals surface area contributed by atoms with E-state index < -0.39 is 0 Å². The largest absolute Gasteiger partial charge is 0.394 e. The Kier molecular flexibility index (Phi) is 3.73. The Hall–Kier alpha value is -1.33. The SMILES string of the molecule is Nc1cn(Cc2ccc(F)cc2Cl)cc(Br)c1=O. The number of rotatable bonds is 2. The molecule has 3 nitrogen and oxygen atoms in total. The molecule has 1 heterocycles. The van der Waals surface area contributed by atoms with Crippen LogP contribution in [0.2, 0.25) is 5.02 Å². The fourth-order valence-corrected chi connectivity index (χ4v) is 2.27. The Morgan fingerprint density at radius 3 is 2.72 bits per heavy atom.